The second kappa shape index (κ2) is 9.34. The summed E-state index contributed by atoms with van der Waals surface area (Å²) in [6.07, 6.45) is 2.01. The highest BCUT2D eigenvalue weighted by Gasteiger charge is 2.19. The molecule has 1 unspecified atom stereocenters. The molecule has 0 saturated heterocycles. The fourth-order valence-corrected chi connectivity index (χ4v) is 4.28. The molecule has 0 radical (unpaired) electrons. The Morgan fingerprint density at radius 3 is 2.73 bits per heavy atom. The Bertz CT molecular complexity index is 1110. The number of nitrogens with zero attached hydrogens (tertiary/aromatic N) is 2. The lowest BCUT2D eigenvalue weighted by Crippen LogP contribution is -2.31. The zero-order valence-corrected chi connectivity index (χ0v) is 17.8. The van der Waals surface area contributed by atoms with Crippen LogP contribution in [-0.4, -0.2) is 22.1 Å². The van der Waals surface area contributed by atoms with Gasteiger partial charge >= 0.3 is 6.61 Å². The minimum absolute atomic E-state index is 0.0359. The molecule has 0 aliphatic heterocycles. The maximum Gasteiger partial charge on any atom is 0.387 e. The van der Waals surface area contributed by atoms with Crippen molar-refractivity contribution >= 4 is 27.5 Å². The lowest BCUT2D eigenvalue weighted by atomic mass is 10.0. The van der Waals surface area contributed by atoms with Crippen molar-refractivity contribution in [2.24, 2.45) is 0 Å². The number of thiophene rings is 1. The van der Waals surface area contributed by atoms with Crippen LogP contribution in [0.1, 0.15) is 41.8 Å². The fraction of sp³-hybridized carbons (Fsp3) is 0.381. The molecule has 0 spiro atoms. The zero-order valence-electron chi connectivity index (χ0n) is 16.9. The van der Waals surface area contributed by atoms with Crippen molar-refractivity contribution in [2.75, 3.05) is 0 Å². The molecule has 0 saturated carbocycles. The topological polar surface area (TPSA) is 73.2 Å². The van der Waals surface area contributed by atoms with Crippen molar-refractivity contribution in [2.45, 2.75) is 52.8 Å². The van der Waals surface area contributed by atoms with E-state index in [2.05, 4.69) is 15.0 Å². The molecule has 3 rings (SSSR count). The van der Waals surface area contributed by atoms with Gasteiger partial charge in [-0.25, -0.2) is 4.98 Å². The minimum atomic E-state index is -2.95. The predicted molar refractivity (Wildman–Crippen MR) is 112 cm³/mol. The van der Waals surface area contributed by atoms with Crippen LogP contribution in [0.2, 0.25) is 0 Å². The Morgan fingerprint density at radius 2 is 2.03 bits per heavy atom. The summed E-state index contributed by atoms with van der Waals surface area (Å²) in [5, 5.41) is 3.43. The van der Waals surface area contributed by atoms with Crippen LogP contribution in [-0.2, 0) is 11.3 Å². The first-order chi connectivity index (χ1) is 14.3. The van der Waals surface area contributed by atoms with Crippen molar-refractivity contribution in [3.8, 4) is 5.75 Å². The average Bonchev–Trinajstić information content (AvgIpc) is 3.00. The van der Waals surface area contributed by atoms with Gasteiger partial charge < -0.3 is 10.1 Å². The lowest BCUT2D eigenvalue weighted by molar-refractivity contribution is -0.122. The minimum Gasteiger partial charge on any atom is -0.434 e. The van der Waals surface area contributed by atoms with Crippen molar-refractivity contribution in [1.82, 2.24) is 14.9 Å². The molecule has 30 heavy (non-hydrogen) atoms. The summed E-state index contributed by atoms with van der Waals surface area (Å²) < 4.78 is 31.3. The second-order valence-electron chi connectivity index (χ2n) is 6.90. The van der Waals surface area contributed by atoms with Crippen molar-refractivity contribution in [3.05, 3.63) is 57.0 Å². The maximum atomic E-state index is 12.7. The number of para-hydroxylation sites is 1. The molecule has 1 N–H and O–H groups in total. The smallest absolute Gasteiger partial charge is 0.387 e. The number of ether oxygens (including phenoxy) is 1. The van der Waals surface area contributed by atoms with E-state index >= 15 is 0 Å². The molecule has 6 nitrogen and oxygen atoms in total. The van der Waals surface area contributed by atoms with Crippen LogP contribution >= 0.6 is 11.3 Å². The maximum absolute atomic E-state index is 12.7. The number of hydrogen-bond donors (Lipinski definition) is 1. The first kappa shape index (κ1) is 21.9. The quantitative estimate of drug-likeness (QED) is 0.572. The van der Waals surface area contributed by atoms with Crippen LogP contribution < -0.4 is 15.6 Å². The van der Waals surface area contributed by atoms with E-state index in [9.17, 15) is 18.4 Å². The highest BCUT2D eigenvalue weighted by atomic mass is 32.1. The molecule has 2 heterocycles. The Hall–Kier alpha value is -2.81. The summed E-state index contributed by atoms with van der Waals surface area (Å²) in [4.78, 5) is 31.3. The molecule has 1 atom stereocenters. The number of amides is 1. The SMILES string of the molecule is CCC(NC(=O)CCn1cnc2sc(C)c(C)c2c1=O)c1ccccc1OC(F)F. The highest BCUT2D eigenvalue weighted by Crippen LogP contribution is 2.28. The molecular formula is C21H23F2N3O3S. The zero-order chi connectivity index (χ0) is 21.8. The summed E-state index contributed by atoms with van der Waals surface area (Å²) in [7, 11) is 0. The average molecular weight is 435 g/mol. The van der Waals surface area contributed by atoms with E-state index in [1.807, 2.05) is 20.8 Å². The van der Waals surface area contributed by atoms with Crippen LogP contribution in [0.3, 0.4) is 0 Å². The van der Waals surface area contributed by atoms with Gasteiger partial charge in [0, 0.05) is 23.4 Å². The molecule has 2 aromatic heterocycles. The van der Waals surface area contributed by atoms with Gasteiger partial charge in [0.15, 0.2) is 0 Å². The number of carbonyl (C=O) groups excluding carboxylic acids is 1. The molecule has 160 valence electrons. The summed E-state index contributed by atoms with van der Waals surface area (Å²) in [6, 6.07) is 5.91. The van der Waals surface area contributed by atoms with Gasteiger partial charge in [-0.05, 0) is 31.9 Å². The normalized spacial score (nSPS) is 12.3. The van der Waals surface area contributed by atoms with Crippen LogP contribution in [0, 0.1) is 13.8 Å². The number of fused-ring (bicyclic) bond motifs is 1. The fourth-order valence-electron chi connectivity index (χ4n) is 3.29. The van der Waals surface area contributed by atoms with Gasteiger partial charge in [-0.3, -0.25) is 14.2 Å². The molecule has 0 aliphatic rings. The Kier molecular flexibility index (Phi) is 6.81. The van der Waals surface area contributed by atoms with E-state index in [1.165, 1.54) is 28.3 Å². The Morgan fingerprint density at radius 1 is 1.30 bits per heavy atom. The molecule has 1 amide bonds. The van der Waals surface area contributed by atoms with Gasteiger partial charge in [0.1, 0.15) is 10.6 Å². The highest BCUT2D eigenvalue weighted by molar-refractivity contribution is 7.18. The van der Waals surface area contributed by atoms with Gasteiger partial charge in [-0.2, -0.15) is 8.78 Å². The molecule has 1 aromatic carbocycles. The van der Waals surface area contributed by atoms with E-state index < -0.39 is 12.7 Å². The number of halogens is 2. The van der Waals surface area contributed by atoms with Crippen molar-refractivity contribution in [3.63, 3.8) is 0 Å². The molecule has 0 aliphatic carbocycles. The Labute approximate surface area is 176 Å². The standard InChI is InChI=1S/C21H23F2N3O3S/c1-4-15(14-7-5-6-8-16(14)29-21(22)23)25-17(27)9-10-26-11-24-19-18(20(26)28)12(2)13(3)30-19/h5-8,11,15,21H,4,9-10H2,1-3H3,(H,25,27). The summed E-state index contributed by atoms with van der Waals surface area (Å²) in [5.74, 6) is -0.257. The first-order valence-corrected chi connectivity index (χ1v) is 10.4. The summed E-state index contributed by atoms with van der Waals surface area (Å²) in [5.41, 5.74) is 1.23. The van der Waals surface area contributed by atoms with Crippen LogP contribution in [0.4, 0.5) is 8.78 Å². The number of nitrogens with one attached hydrogen (secondary N) is 1. The van der Waals surface area contributed by atoms with Crippen molar-refractivity contribution < 1.29 is 18.3 Å². The molecule has 9 heteroatoms. The summed E-state index contributed by atoms with van der Waals surface area (Å²) in [6.45, 7) is 2.90. The van der Waals surface area contributed by atoms with E-state index in [0.717, 1.165) is 10.4 Å². The third-order valence-corrected chi connectivity index (χ3v) is 6.10. The second-order valence-corrected chi connectivity index (χ2v) is 8.10. The molecule has 3 aromatic rings. The summed E-state index contributed by atoms with van der Waals surface area (Å²) >= 11 is 1.47. The van der Waals surface area contributed by atoms with Gasteiger partial charge in [-0.15, -0.1) is 11.3 Å². The molecule has 0 bridgehead atoms. The Balaban J connectivity index is 1.71. The number of hydrogen-bond acceptors (Lipinski definition) is 5. The molecular weight excluding hydrogens is 412 g/mol. The largest absolute Gasteiger partial charge is 0.434 e. The third kappa shape index (κ3) is 4.67. The van der Waals surface area contributed by atoms with Gasteiger partial charge in [0.2, 0.25) is 5.91 Å². The van der Waals surface area contributed by atoms with E-state index in [4.69, 9.17) is 0 Å². The van der Waals surface area contributed by atoms with Gasteiger partial charge in [-0.1, -0.05) is 25.1 Å². The number of carbonyl (C=O) groups is 1. The van der Waals surface area contributed by atoms with Gasteiger partial charge in [0.05, 0.1) is 17.8 Å². The van der Waals surface area contributed by atoms with Crippen LogP contribution in [0.5, 0.6) is 5.75 Å². The van der Waals surface area contributed by atoms with Gasteiger partial charge in [0.25, 0.3) is 5.56 Å². The number of benzene rings is 1. The molecule has 0 fully saturated rings. The van der Waals surface area contributed by atoms with E-state index in [0.29, 0.717) is 22.2 Å². The van der Waals surface area contributed by atoms with E-state index in [1.54, 1.807) is 18.2 Å². The predicted octanol–water partition coefficient (Wildman–Crippen LogP) is 4.33. The van der Waals surface area contributed by atoms with Crippen LogP contribution in [0.25, 0.3) is 10.2 Å². The number of aryl methyl sites for hydroxylation is 3. The van der Waals surface area contributed by atoms with Crippen molar-refractivity contribution in [1.29, 1.82) is 0 Å². The number of aromatic nitrogens is 2. The number of rotatable bonds is 8. The monoisotopic (exact) mass is 435 g/mol. The first-order valence-electron chi connectivity index (χ1n) is 9.60. The van der Waals surface area contributed by atoms with E-state index in [-0.39, 0.29) is 30.2 Å². The lowest BCUT2D eigenvalue weighted by Gasteiger charge is -2.20. The van der Waals surface area contributed by atoms with Crippen LogP contribution in [0.15, 0.2) is 35.4 Å². The number of alkyl halides is 2. The third-order valence-electron chi connectivity index (χ3n) is 4.99.